The minimum Gasteiger partial charge on any atom is -0.497 e. The van der Waals surface area contributed by atoms with Crippen LogP contribution in [0.2, 0.25) is 0 Å². The molecule has 0 fully saturated rings. The number of rotatable bonds is 4. The maximum atomic E-state index is 9.36. The highest BCUT2D eigenvalue weighted by Gasteiger charge is 2.14. The fourth-order valence-electron chi connectivity index (χ4n) is 1.78. The van der Waals surface area contributed by atoms with E-state index in [2.05, 4.69) is 18.8 Å². The van der Waals surface area contributed by atoms with Crippen LogP contribution in [0, 0.1) is 0 Å². The Hall–Kier alpha value is -1.39. The van der Waals surface area contributed by atoms with Crippen molar-refractivity contribution >= 4 is 11.3 Å². The molecule has 0 aliphatic carbocycles. The molecule has 18 heavy (non-hydrogen) atoms. The number of aliphatic hydroxyl groups is 1. The number of hydrogen-bond donors (Lipinski definition) is 1. The third-order valence-electron chi connectivity index (χ3n) is 2.76. The van der Waals surface area contributed by atoms with Crippen molar-refractivity contribution in [2.24, 2.45) is 0 Å². The predicted molar refractivity (Wildman–Crippen MR) is 74.1 cm³/mol. The Bertz CT molecular complexity index is 517. The van der Waals surface area contributed by atoms with Gasteiger partial charge in [0.2, 0.25) is 0 Å². The van der Waals surface area contributed by atoms with Crippen LogP contribution >= 0.6 is 11.3 Å². The maximum Gasteiger partial charge on any atom is 0.123 e. The lowest BCUT2D eigenvalue weighted by molar-refractivity contribution is 0.283. The molecule has 0 unspecified atom stereocenters. The van der Waals surface area contributed by atoms with Crippen LogP contribution in [0.3, 0.4) is 0 Å². The highest BCUT2D eigenvalue weighted by atomic mass is 32.1. The zero-order valence-electron chi connectivity index (χ0n) is 10.8. The fraction of sp³-hybridized carbons (Fsp3) is 0.357. The maximum absolute atomic E-state index is 9.36. The van der Waals surface area contributed by atoms with Gasteiger partial charge in [0.05, 0.1) is 24.3 Å². The van der Waals surface area contributed by atoms with E-state index < -0.39 is 0 Å². The molecule has 2 aromatic rings. The van der Waals surface area contributed by atoms with Crippen LogP contribution < -0.4 is 4.74 Å². The Kier molecular flexibility index (Phi) is 3.99. The molecule has 0 saturated heterocycles. The Morgan fingerprint density at radius 1 is 1.28 bits per heavy atom. The number of nitrogens with zero attached hydrogens (tertiary/aromatic N) is 1. The Morgan fingerprint density at radius 3 is 2.39 bits per heavy atom. The predicted octanol–water partition coefficient (Wildman–Crippen LogP) is 3.43. The van der Waals surface area contributed by atoms with E-state index in [1.54, 1.807) is 18.4 Å². The van der Waals surface area contributed by atoms with Gasteiger partial charge in [-0.3, -0.25) is 0 Å². The molecule has 1 aromatic heterocycles. The summed E-state index contributed by atoms with van der Waals surface area (Å²) >= 11 is 1.55. The van der Waals surface area contributed by atoms with E-state index in [0.717, 1.165) is 26.9 Å². The first kappa shape index (κ1) is 13.1. The molecule has 1 heterocycles. The summed E-state index contributed by atoms with van der Waals surface area (Å²) in [6, 6.07) is 7.82. The van der Waals surface area contributed by atoms with Crippen molar-refractivity contribution in [1.82, 2.24) is 4.98 Å². The number of ether oxygens (including phenoxy) is 1. The molecule has 2 rings (SSSR count). The number of thiazole rings is 1. The summed E-state index contributed by atoms with van der Waals surface area (Å²) in [5.41, 5.74) is 2.05. The number of hydrogen-bond acceptors (Lipinski definition) is 4. The van der Waals surface area contributed by atoms with Crippen molar-refractivity contribution in [3.05, 3.63) is 34.8 Å². The monoisotopic (exact) mass is 263 g/mol. The molecular weight excluding hydrogens is 246 g/mol. The van der Waals surface area contributed by atoms with Crippen molar-refractivity contribution in [3.8, 4) is 16.3 Å². The number of aliphatic hydroxyl groups excluding tert-OH is 1. The first-order valence-corrected chi connectivity index (χ1v) is 6.72. The van der Waals surface area contributed by atoms with E-state index >= 15 is 0 Å². The lowest BCUT2D eigenvalue weighted by atomic mass is 10.1. The highest BCUT2D eigenvalue weighted by molar-refractivity contribution is 7.15. The van der Waals surface area contributed by atoms with Crippen molar-refractivity contribution in [2.75, 3.05) is 7.11 Å². The van der Waals surface area contributed by atoms with Gasteiger partial charge in [0.25, 0.3) is 0 Å². The number of aromatic nitrogens is 1. The standard InChI is InChI=1S/C14H17NO2S/c1-9(2)13-12(8-16)18-14(15-13)10-4-6-11(17-3)7-5-10/h4-7,9,16H,8H2,1-3H3. The van der Waals surface area contributed by atoms with E-state index in [4.69, 9.17) is 4.74 Å². The smallest absolute Gasteiger partial charge is 0.123 e. The molecule has 0 spiro atoms. The van der Waals surface area contributed by atoms with Crippen LogP contribution in [0.1, 0.15) is 30.3 Å². The first-order chi connectivity index (χ1) is 8.65. The van der Waals surface area contributed by atoms with Crippen LogP contribution in [0.5, 0.6) is 5.75 Å². The molecule has 0 saturated carbocycles. The van der Waals surface area contributed by atoms with Crippen LogP contribution in [-0.4, -0.2) is 17.2 Å². The SMILES string of the molecule is COc1ccc(-c2nc(C(C)C)c(CO)s2)cc1. The zero-order chi connectivity index (χ0) is 13.1. The van der Waals surface area contributed by atoms with Crippen molar-refractivity contribution in [3.63, 3.8) is 0 Å². The van der Waals surface area contributed by atoms with Gasteiger partial charge in [-0.25, -0.2) is 4.98 Å². The third kappa shape index (κ3) is 2.54. The van der Waals surface area contributed by atoms with Crippen LogP contribution in [0.4, 0.5) is 0 Å². The minimum absolute atomic E-state index is 0.0569. The van der Waals surface area contributed by atoms with Crippen LogP contribution in [0.25, 0.3) is 10.6 Å². The molecule has 1 N–H and O–H groups in total. The molecule has 0 bridgehead atoms. The summed E-state index contributed by atoms with van der Waals surface area (Å²) in [7, 11) is 1.65. The van der Waals surface area contributed by atoms with Crippen molar-refractivity contribution in [1.29, 1.82) is 0 Å². The van der Waals surface area contributed by atoms with E-state index in [1.807, 2.05) is 24.3 Å². The van der Waals surface area contributed by atoms with Crippen LogP contribution in [-0.2, 0) is 6.61 Å². The minimum atomic E-state index is 0.0569. The third-order valence-corrected chi connectivity index (χ3v) is 3.86. The summed E-state index contributed by atoms with van der Waals surface area (Å²) in [5, 5.41) is 10.3. The molecular formula is C14H17NO2S. The second kappa shape index (κ2) is 5.50. The second-order valence-electron chi connectivity index (χ2n) is 4.37. The molecule has 3 nitrogen and oxygen atoms in total. The normalized spacial score (nSPS) is 10.9. The Morgan fingerprint density at radius 2 is 1.94 bits per heavy atom. The molecule has 0 aliphatic rings. The Balaban J connectivity index is 2.37. The zero-order valence-corrected chi connectivity index (χ0v) is 11.6. The molecule has 0 atom stereocenters. The molecule has 0 aliphatic heterocycles. The Labute approximate surface area is 111 Å². The number of methoxy groups -OCH3 is 1. The van der Waals surface area contributed by atoms with Gasteiger partial charge in [0, 0.05) is 5.56 Å². The molecule has 1 aromatic carbocycles. The van der Waals surface area contributed by atoms with Crippen molar-refractivity contribution in [2.45, 2.75) is 26.4 Å². The van der Waals surface area contributed by atoms with Gasteiger partial charge in [-0.1, -0.05) is 13.8 Å². The molecule has 0 radical (unpaired) electrons. The summed E-state index contributed by atoms with van der Waals surface area (Å²) in [5.74, 6) is 1.16. The van der Waals surface area contributed by atoms with E-state index in [-0.39, 0.29) is 6.61 Å². The summed E-state index contributed by atoms with van der Waals surface area (Å²) in [6.07, 6.45) is 0. The molecule has 96 valence electrons. The van der Waals surface area contributed by atoms with Gasteiger partial charge in [-0.05, 0) is 30.2 Å². The lowest BCUT2D eigenvalue weighted by Gasteiger charge is -2.01. The quantitative estimate of drug-likeness (QED) is 0.919. The lowest BCUT2D eigenvalue weighted by Crippen LogP contribution is -1.93. The first-order valence-electron chi connectivity index (χ1n) is 5.90. The van der Waals surface area contributed by atoms with Gasteiger partial charge in [0.15, 0.2) is 0 Å². The summed E-state index contributed by atoms with van der Waals surface area (Å²) in [6.45, 7) is 4.24. The van der Waals surface area contributed by atoms with Gasteiger partial charge in [-0.15, -0.1) is 11.3 Å². The van der Waals surface area contributed by atoms with E-state index in [9.17, 15) is 5.11 Å². The van der Waals surface area contributed by atoms with Crippen LogP contribution in [0.15, 0.2) is 24.3 Å². The fourth-order valence-corrected chi connectivity index (χ4v) is 2.87. The van der Waals surface area contributed by atoms with Crippen molar-refractivity contribution < 1.29 is 9.84 Å². The topological polar surface area (TPSA) is 42.4 Å². The van der Waals surface area contributed by atoms with Gasteiger partial charge in [-0.2, -0.15) is 0 Å². The number of benzene rings is 1. The average molecular weight is 263 g/mol. The van der Waals surface area contributed by atoms with Gasteiger partial charge in [0.1, 0.15) is 10.8 Å². The van der Waals surface area contributed by atoms with Gasteiger partial charge >= 0.3 is 0 Å². The molecule has 4 heteroatoms. The summed E-state index contributed by atoms with van der Waals surface area (Å²) < 4.78 is 5.14. The summed E-state index contributed by atoms with van der Waals surface area (Å²) in [4.78, 5) is 5.58. The van der Waals surface area contributed by atoms with Gasteiger partial charge < -0.3 is 9.84 Å². The largest absolute Gasteiger partial charge is 0.497 e. The molecule has 0 amide bonds. The highest BCUT2D eigenvalue weighted by Crippen LogP contribution is 2.32. The van der Waals surface area contributed by atoms with E-state index in [1.165, 1.54) is 0 Å². The van der Waals surface area contributed by atoms with E-state index in [0.29, 0.717) is 5.92 Å². The average Bonchev–Trinajstić information content (AvgIpc) is 2.83. The second-order valence-corrected chi connectivity index (χ2v) is 5.45.